The number of halogens is 1. The van der Waals surface area contributed by atoms with Gasteiger partial charge in [0.1, 0.15) is 35.4 Å². The molecule has 2 aliphatic rings. The molecule has 0 unspecified atom stereocenters. The van der Waals surface area contributed by atoms with Crippen LogP contribution in [0.4, 0.5) is 26.5 Å². The van der Waals surface area contributed by atoms with E-state index in [2.05, 4.69) is 20.9 Å². The second-order valence-corrected chi connectivity index (χ2v) is 9.52. The predicted octanol–water partition coefficient (Wildman–Crippen LogP) is 3.14. The maximum atomic E-state index is 13.1. The van der Waals surface area contributed by atoms with Crippen LogP contribution in [0.25, 0.3) is 0 Å². The first kappa shape index (κ1) is 27.4. The van der Waals surface area contributed by atoms with E-state index in [9.17, 15) is 14.0 Å². The highest BCUT2D eigenvalue weighted by molar-refractivity contribution is 5.81. The molecular weight excluding hydrogens is 493 g/mol. The van der Waals surface area contributed by atoms with Crippen LogP contribution in [0.3, 0.4) is 0 Å². The Morgan fingerprint density at radius 3 is 2.58 bits per heavy atom. The zero-order valence-electron chi connectivity index (χ0n) is 21.8. The molecule has 0 aliphatic carbocycles. The lowest BCUT2D eigenvalue weighted by atomic mass is 9.92. The summed E-state index contributed by atoms with van der Waals surface area (Å²) >= 11 is 0. The minimum Gasteiger partial charge on any atom is -0.410 e. The largest absolute Gasteiger partial charge is 0.415 e. The maximum absolute atomic E-state index is 13.1. The Balaban J connectivity index is 1.28. The molecule has 38 heavy (non-hydrogen) atoms. The summed E-state index contributed by atoms with van der Waals surface area (Å²) in [5.74, 6) is 1.77. The zero-order chi connectivity index (χ0) is 27.1. The highest BCUT2D eigenvalue weighted by Gasteiger charge is 2.31. The van der Waals surface area contributed by atoms with Crippen molar-refractivity contribution in [3.05, 3.63) is 35.9 Å². The summed E-state index contributed by atoms with van der Waals surface area (Å²) in [6.07, 6.45) is 3.22. The average molecular weight is 530 g/mol. The molecule has 0 bridgehead atoms. The number of ether oxygens (including phenoxy) is 2. The van der Waals surface area contributed by atoms with E-state index in [1.807, 2.05) is 6.92 Å². The molecule has 4 rings (SSSR count). The average Bonchev–Trinajstić information content (AvgIpc) is 3.38. The number of rotatable bonds is 9. The lowest BCUT2D eigenvalue weighted by Crippen LogP contribution is -2.40. The summed E-state index contributed by atoms with van der Waals surface area (Å²) in [5, 5.41) is 9.11. The van der Waals surface area contributed by atoms with E-state index in [-0.39, 0.29) is 18.0 Å². The lowest BCUT2D eigenvalue weighted by molar-refractivity contribution is -0.131. The summed E-state index contributed by atoms with van der Waals surface area (Å²) in [5.41, 5.74) is 6.81. The molecule has 5 N–H and O–H groups in total. The van der Waals surface area contributed by atoms with E-state index >= 15 is 0 Å². The quantitative estimate of drug-likeness (QED) is 0.385. The van der Waals surface area contributed by atoms with Crippen LogP contribution in [0.1, 0.15) is 44.9 Å². The van der Waals surface area contributed by atoms with Crippen molar-refractivity contribution in [2.24, 2.45) is 5.92 Å². The molecule has 2 atom stereocenters. The number of anilines is 3. The number of hydrogen-bond acceptors (Lipinski definition) is 9. The van der Waals surface area contributed by atoms with Gasteiger partial charge in [-0.2, -0.15) is 0 Å². The van der Waals surface area contributed by atoms with Gasteiger partial charge in [0, 0.05) is 33.1 Å². The summed E-state index contributed by atoms with van der Waals surface area (Å²) in [6.45, 7) is 3.61. The minimum atomic E-state index is -0.483. The number of aromatic nitrogens is 2. The summed E-state index contributed by atoms with van der Waals surface area (Å²) in [4.78, 5) is 35.4. The third-order valence-corrected chi connectivity index (χ3v) is 6.86. The van der Waals surface area contributed by atoms with Crippen molar-refractivity contribution in [2.45, 2.75) is 57.8 Å². The smallest absolute Gasteiger partial charge is 0.410 e. The summed E-state index contributed by atoms with van der Waals surface area (Å²) < 4.78 is 24.3. The van der Waals surface area contributed by atoms with Crippen LogP contribution in [0.15, 0.2) is 24.3 Å². The number of likely N-dealkylation sites (tertiary alicyclic amines) is 1. The van der Waals surface area contributed by atoms with E-state index in [1.165, 1.54) is 24.3 Å². The van der Waals surface area contributed by atoms with Crippen molar-refractivity contribution < 1.29 is 23.5 Å². The van der Waals surface area contributed by atoms with Gasteiger partial charge < -0.3 is 36.1 Å². The van der Waals surface area contributed by atoms with Crippen LogP contribution in [0.2, 0.25) is 0 Å². The first-order chi connectivity index (χ1) is 18.4. The van der Waals surface area contributed by atoms with Gasteiger partial charge in [-0.05, 0) is 69.2 Å². The molecule has 2 saturated heterocycles. The Morgan fingerprint density at radius 1 is 1.16 bits per heavy atom. The Labute approximate surface area is 221 Å². The van der Waals surface area contributed by atoms with Gasteiger partial charge in [0.05, 0.1) is 0 Å². The van der Waals surface area contributed by atoms with Crippen LogP contribution in [-0.2, 0) is 16.0 Å². The first-order valence-corrected chi connectivity index (χ1v) is 13.1. The number of nitrogens with zero attached hydrogens (tertiary/aromatic N) is 3. The number of likely N-dealkylation sites (N-methyl/N-ethyl adjacent to an activating group) is 1. The molecule has 206 valence electrons. The number of nitrogens with two attached hydrogens (primary N) is 1. The Bertz CT molecular complexity index is 1110. The number of carbonyl (C=O) groups excluding carboxylic acids is 2. The molecular formula is C26H36FN7O4. The molecule has 0 saturated carbocycles. The van der Waals surface area contributed by atoms with Crippen molar-refractivity contribution >= 4 is 29.3 Å². The van der Waals surface area contributed by atoms with Crippen LogP contribution in [-0.4, -0.2) is 65.9 Å². The third kappa shape index (κ3) is 7.00. The number of benzene rings is 1. The lowest BCUT2D eigenvalue weighted by Gasteiger charge is -2.31. The number of carbonyl (C=O) groups is 2. The van der Waals surface area contributed by atoms with E-state index in [4.69, 9.17) is 20.2 Å². The van der Waals surface area contributed by atoms with Gasteiger partial charge in [0.2, 0.25) is 5.91 Å². The van der Waals surface area contributed by atoms with Gasteiger partial charge in [-0.25, -0.2) is 19.2 Å². The number of hydrogen-bond donors (Lipinski definition) is 4. The fraction of sp³-hybridized carbons (Fsp3) is 0.538. The number of amides is 2. The second kappa shape index (κ2) is 12.7. The fourth-order valence-electron chi connectivity index (χ4n) is 4.77. The van der Waals surface area contributed by atoms with Gasteiger partial charge in [-0.15, -0.1) is 0 Å². The van der Waals surface area contributed by atoms with Crippen molar-refractivity contribution in [1.82, 2.24) is 20.2 Å². The molecule has 2 aliphatic heterocycles. The highest BCUT2D eigenvalue weighted by atomic mass is 19.1. The first-order valence-electron chi connectivity index (χ1n) is 13.1. The van der Waals surface area contributed by atoms with Crippen LogP contribution in [0.5, 0.6) is 5.75 Å². The van der Waals surface area contributed by atoms with Gasteiger partial charge in [-0.3, -0.25) is 4.79 Å². The maximum Gasteiger partial charge on any atom is 0.415 e. The summed E-state index contributed by atoms with van der Waals surface area (Å²) in [6, 6.07) is 5.40. The molecule has 2 amide bonds. The van der Waals surface area contributed by atoms with Crippen molar-refractivity contribution in [3.8, 4) is 5.75 Å². The predicted molar refractivity (Wildman–Crippen MR) is 141 cm³/mol. The van der Waals surface area contributed by atoms with Crippen molar-refractivity contribution in [2.75, 3.05) is 43.0 Å². The fourth-order valence-corrected chi connectivity index (χ4v) is 4.77. The van der Waals surface area contributed by atoms with Gasteiger partial charge in [0.25, 0.3) is 0 Å². The van der Waals surface area contributed by atoms with Gasteiger partial charge in [-0.1, -0.05) is 0 Å². The zero-order valence-corrected chi connectivity index (χ0v) is 21.8. The third-order valence-electron chi connectivity index (χ3n) is 6.86. The SMILES string of the molecule is CCNC(=O)[C@@H]1CC[C@H](Nc2nc(CCC3CCN(C(=O)Oc4ccc(F)cc4)CC3)nc(N)c2NC)O1. The molecule has 3 heterocycles. The number of nitrogens with one attached hydrogen (secondary N) is 3. The molecule has 12 heteroatoms. The number of piperidine rings is 1. The molecule has 2 aromatic rings. The van der Waals surface area contributed by atoms with E-state index in [0.717, 1.165) is 19.3 Å². The van der Waals surface area contributed by atoms with Gasteiger partial charge >= 0.3 is 6.09 Å². The Kier molecular flexibility index (Phi) is 9.16. The molecule has 1 aromatic heterocycles. The van der Waals surface area contributed by atoms with Crippen LogP contribution in [0, 0.1) is 11.7 Å². The molecule has 1 aromatic carbocycles. The van der Waals surface area contributed by atoms with E-state index in [1.54, 1.807) is 11.9 Å². The van der Waals surface area contributed by atoms with Gasteiger partial charge in [0.15, 0.2) is 11.6 Å². The Morgan fingerprint density at radius 2 is 1.89 bits per heavy atom. The van der Waals surface area contributed by atoms with Crippen LogP contribution >= 0.6 is 0 Å². The molecule has 2 fully saturated rings. The normalized spacial score (nSPS) is 19.7. The van der Waals surface area contributed by atoms with Crippen molar-refractivity contribution in [3.63, 3.8) is 0 Å². The molecule has 11 nitrogen and oxygen atoms in total. The monoisotopic (exact) mass is 529 g/mol. The summed E-state index contributed by atoms with van der Waals surface area (Å²) in [7, 11) is 1.75. The molecule has 0 spiro atoms. The van der Waals surface area contributed by atoms with Crippen molar-refractivity contribution in [1.29, 1.82) is 0 Å². The topological polar surface area (TPSA) is 144 Å². The molecule has 0 radical (unpaired) electrons. The second-order valence-electron chi connectivity index (χ2n) is 9.52. The van der Waals surface area contributed by atoms with E-state index in [0.29, 0.717) is 73.7 Å². The minimum absolute atomic E-state index is 0.108. The Hall–Kier alpha value is -3.67. The standard InChI is InChI=1S/C26H36FN7O4/c1-3-30-25(35)19-9-11-21(38-19)33-24-22(29-2)23(28)31-20(32-24)10-4-16-12-14-34(15-13-16)26(36)37-18-7-5-17(27)6-8-18/h5-8,16,19,21,29H,3-4,9-15H2,1-2H3,(H,30,35)(H3,28,31,32,33)/t19-,21+/m0/s1. The van der Waals surface area contributed by atoms with Crippen LogP contribution < -0.4 is 26.4 Å². The van der Waals surface area contributed by atoms with E-state index < -0.39 is 12.2 Å². The number of nitrogen functional groups attached to an aromatic ring is 1. The number of aryl methyl sites for hydroxylation is 1. The highest BCUT2D eigenvalue weighted by Crippen LogP contribution is 2.30.